The Bertz CT molecular complexity index is 887. The first-order valence-corrected chi connectivity index (χ1v) is 9.34. The van der Waals surface area contributed by atoms with Gasteiger partial charge in [-0.15, -0.1) is 11.3 Å². The lowest BCUT2D eigenvalue weighted by Crippen LogP contribution is -2.38. The number of rotatable bonds is 2. The highest BCUT2D eigenvalue weighted by Crippen LogP contribution is 2.41. The molecular formula is C18H19N3O4S. The second kappa shape index (κ2) is 6.28. The van der Waals surface area contributed by atoms with Gasteiger partial charge in [0.15, 0.2) is 0 Å². The molecule has 0 fully saturated rings. The first-order chi connectivity index (χ1) is 12.5. The predicted molar refractivity (Wildman–Crippen MR) is 96.5 cm³/mol. The van der Waals surface area contributed by atoms with Crippen LogP contribution in [0.1, 0.15) is 38.1 Å². The molecule has 0 saturated carbocycles. The number of likely N-dealkylation sites (N-methyl/N-ethyl adjacent to an activating group) is 2. The van der Waals surface area contributed by atoms with Gasteiger partial charge in [-0.1, -0.05) is 0 Å². The first-order valence-electron chi connectivity index (χ1n) is 8.53. The third kappa shape index (κ3) is 2.52. The summed E-state index contributed by atoms with van der Waals surface area (Å²) in [7, 11) is 1.66. The highest BCUT2D eigenvalue weighted by Gasteiger charge is 2.37. The van der Waals surface area contributed by atoms with Crippen LogP contribution < -0.4 is 4.90 Å². The number of hydrogen-bond donors (Lipinski definition) is 0. The molecule has 2 aliphatic rings. The number of anilines is 1. The molecule has 2 aliphatic heterocycles. The number of thiophene rings is 1. The van der Waals surface area contributed by atoms with Gasteiger partial charge in [0, 0.05) is 25.0 Å². The zero-order valence-corrected chi connectivity index (χ0v) is 15.5. The number of hydrogen-bond acceptors (Lipinski definition) is 5. The van der Waals surface area contributed by atoms with Crippen LogP contribution in [0, 0.1) is 0 Å². The quantitative estimate of drug-likeness (QED) is 0.807. The van der Waals surface area contributed by atoms with Crippen LogP contribution in [0.4, 0.5) is 5.00 Å². The van der Waals surface area contributed by atoms with Gasteiger partial charge in [0.1, 0.15) is 17.8 Å². The van der Waals surface area contributed by atoms with E-state index in [2.05, 4.69) is 0 Å². The maximum absolute atomic E-state index is 12.8. The summed E-state index contributed by atoms with van der Waals surface area (Å²) in [6.45, 7) is 3.50. The van der Waals surface area contributed by atoms with Crippen molar-refractivity contribution in [1.29, 1.82) is 0 Å². The molecule has 136 valence electrons. The van der Waals surface area contributed by atoms with Crippen LogP contribution in [-0.4, -0.2) is 54.2 Å². The van der Waals surface area contributed by atoms with Crippen molar-refractivity contribution >= 4 is 34.1 Å². The maximum Gasteiger partial charge on any atom is 0.257 e. The molecule has 8 heteroatoms. The lowest BCUT2D eigenvalue weighted by molar-refractivity contribution is -0.118. The van der Waals surface area contributed by atoms with Crippen LogP contribution in [0.15, 0.2) is 23.0 Å². The normalized spacial score (nSPS) is 17.2. The molecule has 0 unspecified atom stereocenters. The van der Waals surface area contributed by atoms with E-state index in [9.17, 15) is 14.4 Å². The minimum absolute atomic E-state index is 0.0768. The molecule has 0 atom stereocenters. The fourth-order valence-corrected chi connectivity index (χ4v) is 4.96. The Morgan fingerprint density at radius 1 is 1.31 bits per heavy atom. The van der Waals surface area contributed by atoms with Crippen molar-refractivity contribution in [3.8, 4) is 0 Å². The SMILES string of the molecule is CCN1C(=O)CN(C)C(=O)c2c1sc1c2CCN(C(=O)c2ccoc2)C1. The number of fused-ring (bicyclic) bond motifs is 3. The van der Waals surface area contributed by atoms with E-state index in [4.69, 9.17) is 4.42 Å². The van der Waals surface area contributed by atoms with E-state index in [1.807, 2.05) is 6.92 Å². The molecular weight excluding hydrogens is 354 g/mol. The van der Waals surface area contributed by atoms with Gasteiger partial charge < -0.3 is 19.1 Å². The van der Waals surface area contributed by atoms with Crippen LogP contribution in [0.3, 0.4) is 0 Å². The highest BCUT2D eigenvalue weighted by atomic mass is 32.1. The second-order valence-electron chi connectivity index (χ2n) is 6.47. The summed E-state index contributed by atoms with van der Waals surface area (Å²) in [4.78, 5) is 43.8. The molecule has 26 heavy (non-hydrogen) atoms. The van der Waals surface area contributed by atoms with Crippen molar-refractivity contribution < 1.29 is 18.8 Å². The summed E-state index contributed by atoms with van der Waals surface area (Å²) in [5.74, 6) is -0.275. The molecule has 0 aromatic carbocycles. The van der Waals surface area contributed by atoms with E-state index in [1.54, 1.807) is 22.9 Å². The number of amides is 3. The smallest absolute Gasteiger partial charge is 0.257 e. The van der Waals surface area contributed by atoms with Gasteiger partial charge in [0.2, 0.25) is 5.91 Å². The molecule has 0 N–H and O–H groups in total. The zero-order valence-electron chi connectivity index (χ0n) is 14.7. The van der Waals surface area contributed by atoms with Crippen LogP contribution in [0.5, 0.6) is 0 Å². The van der Waals surface area contributed by atoms with E-state index < -0.39 is 0 Å². The molecule has 0 saturated heterocycles. The average molecular weight is 373 g/mol. The Hall–Kier alpha value is -2.61. The third-order valence-electron chi connectivity index (χ3n) is 4.89. The number of furan rings is 1. The van der Waals surface area contributed by atoms with Gasteiger partial charge in [-0.3, -0.25) is 14.4 Å². The van der Waals surface area contributed by atoms with Crippen molar-refractivity contribution in [2.75, 3.05) is 31.6 Å². The Labute approximate surface area is 154 Å². The molecule has 4 rings (SSSR count). The summed E-state index contributed by atoms with van der Waals surface area (Å²) >= 11 is 1.45. The Kier molecular flexibility index (Phi) is 4.07. The molecule has 2 aromatic heterocycles. The van der Waals surface area contributed by atoms with Crippen molar-refractivity contribution in [1.82, 2.24) is 9.80 Å². The summed E-state index contributed by atoms with van der Waals surface area (Å²) in [5.41, 5.74) is 2.13. The van der Waals surface area contributed by atoms with Crippen LogP contribution in [-0.2, 0) is 17.8 Å². The van der Waals surface area contributed by atoms with Gasteiger partial charge in [0.05, 0.1) is 23.9 Å². The monoisotopic (exact) mass is 373 g/mol. The Morgan fingerprint density at radius 3 is 2.81 bits per heavy atom. The van der Waals surface area contributed by atoms with E-state index >= 15 is 0 Å². The summed E-state index contributed by atoms with van der Waals surface area (Å²) < 4.78 is 5.00. The van der Waals surface area contributed by atoms with Crippen molar-refractivity contribution in [2.24, 2.45) is 0 Å². The third-order valence-corrected chi connectivity index (χ3v) is 6.13. The molecule has 0 radical (unpaired) electrons. The molecule has 2 aromatic rings. The van der Waals surface area contributed by atoms with Crippen molar-refractivity contribution in [3.05, 3.63) is 40.2 Å². The fourth-order valence-electron chi connectivity index (χ4n) is 3.53. The van der Waals surface area contributed by atoms with E-state index in [0.29, 0.717) is 37.2 Å². The summed E-state index contributed by atoms with van der Waals surface area (Å²) in [6, 6.07) is 1.65. The lowest BCUT2D eigenvalue weighted by atomic mass is 10.0. The number of carbonyl (C=O) groups excluding carboxylic acids is 3. The molecule has 0 bridgehead atoms. The summed E-state index contributed by atoms with van der Waals surface area (Å²) in [6.07, 6.45) is 3.53. The van der Waals surface area contributed by atoms with Crippen molar-refractivity contribution in [2.45, 2.75) is 19.9 Å². The van der Waals surface area contributed by atoms with E-state index in [-0.39, 0.29) is 24.3 Å². The zero-order chi connectivity index (χ0) is 18.4. The maximum atomic E-state index is 12.8. The van der Waals surface area contributed by atoms with E-state index in [0.717, 1.165) is 15.4 Å². The highest BCUT2D eigenvalue weighted by molar-refractivity contribution is 7.17. The minimum Gasteiger partial charge on any atom is -0.472 e. The molecule has 3 amide bonds. The van der Waals surface area contributed by atoms with Gasteiger partial charge >= 0.3 is 0 Å². The van der Waals surface area contributed by atoms with Gasteiger partial charge in [-0.2, -0.15) is 0 Å². The molecule has 0 aliphatic carbocycles. The summed E-state index contributed by atoms with van der Waals surface area (Å²) in [5, 5.41) is 0.717. The van der Waals surface area contributed by atoms with Crippen LogP contribution in [0.25, 0.3) is 0 Å². The first kappa shape index (κ1) is 16.8. The Balaban J connectivity index is 1.72. The largest absolute Gasteiger partial charge is 0.472 e. The van der Waals surface area contributed by atoms with Crippen LogP contribution >= 0.6 is 11.3 Å². The molecule has 7 nitrogen and oxygen atoms in total. The molecule has 0 spiro atoms. The predicted octanol–water partition coefficient (Wildman–Crippen LogP) is 1.98. The van der Waals surface area contributed by atoms with Gasteiger partial charge in [-0.05, 0) is 25.0 Å². The average Bonchev–Trinajstić information content (AvgIpc) is 3.26. The topological polar surface area (TPSA) is 74.1 Å². The van der Waals surface area contributed by atoms with Gasteiger partial charge in [0.25, 0.3) is 11.8 Å². The number of carbonyl (C=O) groups is 3. The number of nitrogens with zero attached hydrogens (tertiary/aromatic N) is 3. The standard InChI is InChI=1S/C18H19N3O4S/c1-3-21-14(22)9-19(2)17(24)15-12-4-6-20(8-13(12)26-18(15)21)16(23)11-5-7-25-10-11/h5,7,10H,3-4,6,8-9H2,1-2H3. The van der Waals surface area contributed by atoms with Crippen molar-refractivity contribution in [3.63, 3.8) is 0 Å². The van der Waals surface area contributed by atoms with E-state index in [1.165, 1.54) is 28.8 Å². The van der Waals surface area contributed by atoms with Gasteiger partial charge in [-0.25, -0.2) is 0 Å². The minimum atomic E-state index is -0.114. The molecule has 4 heterocycles. The van der Waals surface area contributed by atoms with Crippen LogP contribution in [0.2, 0.25) is 0 Å². The second-order valence-corrected chi connectivity index (χ2v) is 7.56. The fraction of sp³-hybridized carbons (Fsp3) is 0.389. The Morgan fingerprint density at radius 2 is 2.12 bits per heavy atom. The lowest BCUT2D eigenvalue weighted by Gasteiger charge is -2.27.